The van der Waals surface area contributed by atoms with E-state index >= 15 is 0 Å². The highest BCUT2D eigenvalue weighted by Gasteiger charge is 2.25. The molecule has 5 heteroatoms. The minimum Gasteiger partial charge on any atom is -0.493 e. The first-order valence-corrected chi connectivity index (χ1v) is 6.52. The zero-order valence-electron chi connectivity index (χ0n) is 11.0. The van der Waals surface area contributed by atoms with E-state index in [2.05, 4.69) is 0 Å². The summed E-state index contributed by atoms with van der Waals surface area (Å²) in [5.74, 6) is -3.98. The maximum Gasteiger partial charge on any atom is 0.202 e. The number of ketones is 1. The van der Waals surface area contributed by atoms with Crippen LogP contribution in [0.4, 0.5) is 13.2 Å². The van der Waals surface area contributed by atoms with Gasteiger partial charge in [0.2, 0.25) is 5.78 Å². The molecule has 0 radical (unpaired) electrons. The van der Waals surface area contributed by atoms with Gasteiger partial charge in [-0.15, -0.1) is 0 Å². The highest BCUT2D eigenvalue weighted by atomic mass is 19.1. The third kappa shape index (κ3) is 2.39. The maximum absolute atomic E-state index is 13.7. The predicted molar refractivity (Wildman–Crippen MR) is 70.0 cm³/mol. The lowest BCUT2D eigenvalue weighted by Crippen LogP contribution is -2.15. The molecule has 0 bridgehead atoms. The van der Waals surface area contributed by atoms with E-state index in [-0.39, 0.29) is 5.56 Å². The molecule has 108 valence electrons. The molecule has 0 aliphatic carbocycles. The molecule has 1 aliphatic rings. The molecule has 0 N–H and O–H groups in total. The number of fused-ring (bicyclic) bond motifs is 1. The fourth-order valence-electron chi connectivity index (χ4n) is 2.46. The first kappa shape index (κ1) is 13.7. The SMILES string of the molecule is O=C(c1cccc2c1OCCC2)c1c(F)cc(F)cc1F. The Kier molecular flexibility index (Phi) is 3.41. The Morgan fingerprint density at radius 1 is 1.10 bits per heavy atom. The van der Waals surface area contributed by atoms with Gasteiger partial charge in [0.25, 0.3) is 0 Å². The van der Waals surface area contributed by atoms with Crippen LogP contribution in [0, 0.1) is 17.5 Å². The lowest BCUT2D eigenvalue weighted by Gasteiger charge is -2.19. The number of para-hydroxylation sites is 1. The smallest absolute Gasteiger partial charge is 0.202 e. The number of aryl methyl sites for hydroxylation is 1. The minimum atomic E-state index is -1.22. The van der Waals surface area contributed by atoms with E-state index in [1.54, 1.807) is 6.07 Å². The van der Waals surface area contributed by atoms with Gasteiger partial charge in [0, 0.05) is 12.1 Å². The maximum atomic E-state index is 13.7. The van der Waals surface area contributed by atoms with Crippen molar-refractivity contribution in [3.63, 3.8) is 0 Å². The molecule has 0 amide bonds. The summed E-state index contributed by atoms with van der Waals surface area (Å²) in [4.78, 5) is 12.4. The lowest BCUT2D eigenvalue weighted by molar-refractivity contribution is 0.102. The standard InChI is InChI=1S/C16H11F3O2/c17-10-7-12(18)14(13(19)8-10)15(20)11-5-1-3-9-4-2-6-21-16(9)11/h1,3,5,7-8H,2,4,6H2. The summed E-state index contributed by atoms with van der Waals surface area (Å²) < 4.78 is 45.9. The predicted octanol–water partition coefficient (Wildman–Crippen LogP) is 3.66. The molecule has 21 heavy (non-hydrogen) atoms. The minimum absolute atomic E-state index is 0.0941. The lowest BCUT2D eigenvalue weighted by atomic mass is 9.96. The molecule has 2 aromatic rings. The first-order chi connectivity index (χ1) is 10.1. The summed E-state index contributed by atoms with van der Waals surface area (Å²) in [6.07, 6.45) is 1.56. The third-order valence-electron chi connectivity index (χ3n) is 3.41. The summed E-state index contributed by atoms with van der Waals surface area (Å²) in [6, 6.07) is 5.89. The van der Waals surface area contributed by atoms with Crippen LogP contribution in [0.15, 0.2) is 30.3 Å². The van der Waals surface area contributed by atoms with Gasteiger partial charge in [-0.25, -0.2) is 13.2 Å². The van der Waals surface area contributed by atoms with E-state index in [1.165, 1.54) is 6.07 Å². The van der Waals surface area contributed by atoms with E-state index in [9.17, 15) is 18.0 Å². The summed E-state index contributed by atoms with van der Waals surface area (Å²) in [7, 11) is 0. The van der Waals surface area contributed by atoms with Gasteiger partial charge in [0.05, 0.1) is 17.7 Å². The van der Waals surface area contributed by atoms with Crippen LogP contribution in [0.1, 0.15) is 27.9 Å². The van der Waals surface area contributed by atoms with Gasteiger partial charge < -0.3 is 4.74 Å². The molecule has 2 nitrogen and oxygen atoms in total. The Hall–Kier alpha value is -2.30. The van der Waals surface area contributed by atoms with Crippen molar-refractivity contribution < 1.29 is 22.7 Å². The van der Waals surface area contributed by atoms with E-state index in [4.69, 9.17) is 4.74 Å². The second-order valence-electron chi connectivity index (χ2n) is 4.82. The Labute approximate surface area is 119 Å². The molecule has 0 saturated carbocycles. The summed E-state index contributed by atoms with van der Waals surface area (Å²) >= 11 is 0. The fourth-order valence-corrected chi connectivity index (χ4v) is 2.46. The van der Waals surface area contributed by atoms with Gasteiger partial charge >= 0.3 is 0 Å². The molecular formula is C16H11F3O2. The second kappa shape index (κ2) is 5.24. The topological polar surface area (TPSA) is 26.3 Å². The molecule has 0 atom stereocenters. The van der Waals surface area contributed by atoms with Crippen LogP contribution < -0.4 is 4.74 Å². The Balaban J connectivity index is 2.12. The van der Waals surface area contributed by atoms with Gasteiger partial charge in [-0.2, -0.15) is 0 Å². The van der Waals surface area contributed by atoms with Crippen LogP contribution in [0.3, 0.4) is 0 Å². The quantitative estimate of drug-likeness (QED) is 0.790. The molecule has 0 spiro atoms. The van der Waals surface area contributed by atoms with Crippen molar-refractivity contribution in [1.82, 2.24) is 0 Å². The van der Waals surface area contributed by atoms with E-state index in [0.717, 1.165) is 18.4 Å². The Morgan fingerprint density at radius 3 is 2.52 bits per heavy atom. The summed E-state index contributed by atoms with van der Waals surface area (Å²) in [5, 5.41) is 0. The van der Waals surface area contributed by atoms with Crippen LogP contribution in [0.5, 0.6) is 5.75 Å². The third-order valence-corrected chi connectivity index (χ3v) is 3.41. The highest BCUT2D eigenvalue weighted by molar-refractivity contribution is 6.11. The average molecular weight is 292 g/mol. The van der Waals surface area contributed by atoms with E-state index < -0.39 is 28.8 Å². The van der Waals surface area contributed by atoms with E-state index in [1.807, 2.05) is 6.07 Å². The average Bonchev–Trinajstić information content (AvgIpc) is 2.45. The van der Waals surface area contributed by atoms with Crippen LogP contribution in [0.2, 0.25) is 0 Å². The number of ether oxygens (including phenoxy) is 1. The molecule has 0 saturated heterocycles. The normalized spacial score (nSPS) is 13.5. The number of carbonyl (C=O) groups is 1. The van der Waals surface area contributed by atoms with Crippen LogP contribution in [0.25, 0.3) is 0 Å². The van der Waals surface area contributed by atoms with Crippen LogP contribution >= 0.6 is 0 Å². The summed E-state index contributed by atoms with van der Waals surface area (Å²) in [6.45, 7) is 0.450. The van der Waals surface area contributed by atoms with Gasteiger partial charge in [-0.3, -0.25) is 4.79 Å². The van der Waals surface area contributed by atoms with Crippen molar-refractivity contribution in [2.75, 3.05) is 6.61 Å². The van der Waals surface area contributed by atoms with E-state index in [0.29, 0.717) is 24.5 Å². The van der Waals surface area contributed by atoms with Crippen molar-refractivity contribution in [3.8, 4) is 5.75 Å². The van der Waals surface area contributed by atoms with Crippen molar-refractivity contribution >= 4 is 5.78 Å². The molecule has 1 aliphatic heterocycles. The Morgan fingerprint density at radius 2 is 1.81 bits per heavy atom. The summed E-state index contributed by atoms with van der Waals surface area (Å²) in [5.41, 5.74) is 0.158. The van der Waals surface area contributed by atoms with Gasteiger partial charge in [-0.05, 0) is 24.5 Å². The van der Waals surface area contributed by atoms with Crippen LogP contribution in [-0.4, -0.2) is 12.4 Å². The molecule has 1 heterocycles. The number of benzene rings is 2. The second-order valence-corrected chi connectivity index (χ2v) is 4.82. The molecular weight excluding hydrogens is 281 g/mol. The number of rotatable bonds is 2. The van der Waals surface area contributed by atoms with Crippen molar-refractivity contribution in [2.24, 2.45) is 0 Å². The number of hydrogen-bond donors (Lipinski definition) is 0. The van der Waals surface area contributed by atoms with Crippen molar-refractivity contribution in [1.29, 1.82) is 0 Å². The molecule has 2 aromatic carbocycles. The Bertz CT molecular complexity index is 702. The molecule has 0 fully saturated rings. The van der Waals surface area contributed by atoms with Crippen molar-refractivity contribution in [3.05, 3.63) is 64.5 Å². The van der Waals surface area contributed by atoms with Gasteiger partial charge in [-0.1, -0.05) is 12.1 Å². The van der Waals surface area contributed by atoms with Gasteiger partial charge in [0.1, 0.15) is 23.2 Å². The number of carbonyl (C=O) groups excluding carboxylic acids is 1. The monoisotopic (exact) mass is 292 g/mol. The zero-order chi connectivity index (χ0) is 15.0. The molecule has 3 rings (SSSR count). The van der Waals surface area contributed by atoms with Gasteiger partial charge in [0.15, 0.2) is 0 Å². The number of halogens is 3. The molecule has 0 unspecified atom stereocenters. The fraction of sp³-hybridized carbons (Fsp3) is 0.188. The largest absolute Gasteiger partial charge is 0.493 e. The highest BCUT2D eigenvalue weighted by Crippen LogP contribution is 2.31. The van der Waals surface area contributed by atoms with Crippen LogP contribution in [-0.2, 0) is 6.42 Å². The first-order valence-electron chi connectivity index (χ1n) is 6.52. The zero-order valence-corrected chi connectivity index (χ0v) is 11.0. The molecule has 0 aromatic heterocycles. The number of hydrogen-bond acceptors (Lipinski definition) is 2. The van der Waals surface area contributed by atoms with Crippen molar-refractivity contribution in [2.45, 2.75) is 12.8 Å².